The van der Waals surface area contributed by atoms with Gasteiger partial charge in [0, 0.05) is 37.7 Å². The number of carbonyl (C=O) groups is 2. The van der Waals surface area contributed by atoms with Gasteiger partial charge in [-0.3, -0.25) is 9.59 Å². The zero-order chi connectivity index (χ0) is 23.6. The number of aromatic nitrogens is 2. The summed E-state index contributed by atoms with van der Waals surface area (Å²) in [5, 5.41) is 0. The molecule has 0 N–H and O–H groups in total. The fourth-order valence-corrected chi connectivity index (χ4v) is 3.81. The van der Waals surface area contributed by atoms with Crippen LogP contribution in [0.2, 0.25) is 0 Å². The number of hydrogen-bond acceptors (Lipinski definition) is 5. The van der Waals surface area contributed by atoms with Crippen LogP contribution in [0.15, 0.2) is 12.3 Å². The smallest absolute Gasteiger partial charge is 0.341 e. The van der Waals surface area contributed by atoms with Gasteiger partial charge in [-0.1, -0.05) is 34.6 Å². The number of nitrogens with zero attached hydrogens (tertiary/aromatic N) is 4. The second-order valence-electron chi connectivity index (χ2n) is 9.71. The number of rotatable bonds is 6. The van der Waals surface area contributed by atoms with E-state index in [-0.39, 0.29) is 29.5 Å². The van der Waals surface area contributed by atoms with Crippen LogP contribution in [0.1, 0.15) is 59.6 Å². The molecule has 174 valence electrons. The predicted molar refractivity (Wildman–Crippen MR) is 112 cm³/mol. The van der Waals surface area contributed by atoms with Crippen LogP contribution in [0.3, 0.4) is 0 Å². The van der Waals surface area contributed by atoms with Crippen molar-refractivity contribution in [3.63, 3.8) is 0 Å². The fourth-order valence-electron chi connectivity index (χ4n) is 3.81. The van der Waals surface area contributed by atoms with Gasteiger partial charge >= 0.3 is 6.18 Å². The highest BCUT2D eigenvalue weighted by Gasteiger charge is 2.38. The Hall–Kier alpha value is -2.19. The Kier molecular flexibility index (Phi) is 7.70. The Morgan fingerprint density at radius 3 is 2.26 bits per heavy atom. The highest BCUT2D eigenvalue weighted by atomic mass is 19.4. The minimum Gasteiger partial charge on any atom is -0.341 e. The maximum atomic E-state index is 13.2. The third-order valence-corrected chi connectivity index (χ3v) is 5.61. The quantitative estimate of drug-likeness (QED) is 0.661. The Bertz CT molecular complexity index is 782. The first-order valence-electron chi connectivity index (χ1n) is 10.7. The number of hydrogen-bond donors (Lipinski definition) is 0. The minimum atomic E-state index is -4.53. The zero-order valence-corrected chi connectivity index (χ0v) is 19.2. The Labute approximate surface area is 182 Å². The molecule has 0 spiro atoms. The first kappa shape index (κ1) is 25.1. The van der Waals surface area contributed by atoms with E-state index in [0.29, 0.717) is 32.4 Å². The van der Waals surface area contributed by atoms with E-state index in [1.807, 2.05) is 34.6 Å². The van der Waals surface area contributed by atoms with E-state index in [4.69, 9.17) is 0 Å². The lowest BCUT2D eigenvalue weighted by Crippen LogP contribution is -2.50. The lowest BCUT2D eigenvalue weighted by atomic mass is 9.82. The molecule has 0 radical (unpaired) electrons. The molecule has 1 atom stereocenters. The third-order valence-electron chi connectivity index (χ3n) is 5.61. The molecule has 31 heavy (non-hydrogen) atoms. The third kappa shape index (κ3) is 6.40. The summed E-state index contributed by atoms with van der Waals surface area (Å²) in [6.07, 6.45) is -1.89. The van der Waals surface area contributed by atoms with E-state index in [2.05, 4.69) is 9.97 Å². The van der Waals surface area contributed by atoms with E-state index in [0.717, 1.165) is 12.3 Å². The highest BCUT2D eigenvalue weighted by Crippen LogP contribution is 2.30. The number of amides is 1. The van der Waals surface area contributed by atoms with Crippen molar-refractivity contribution in [3.8, 4) is 0 Å². The van der Waals surface area contributed by atoms with Crippen molar-refractivity contribution in [1.29, 1.82) is 0 Å². The van der Waals surface area contributed by atoms with Gasteiger partial charge in [0.1, 0.15) is 5.69 Å². The van der Waals surface area contributed by atoms with Gasteiger partial charge in [0.15, 0.2) is 5.78 Å². The normalized spacial score (nSPS) is 17.0. The van der Waals surface area contributed by atoms with Gasteiger partial charge in [0.2, 0.25) is 11.9 Å². The van der Waals surface area contributed by atoms with Crippen LogP contribution in [0.5, 0.6) is 0 Å². The average molecular weight is 443 g/mol. The van der Waals surface area contributed by atoms with Crippen LogP contribution < -0.4 is 4.90 Å². The molecular weight excluding hydrogens is 409 g/mol. The number of ketones is 1. The van der Waals surface area contributed by atoms with Crippen LogP contribution in [0.25, 0.3) is 0 Å². The molecule has 0 bridgehead atoms. The molecule has 0 aromatic carbocycles. The standard InChI is InChI=1S/C22H33F3N4O2/c1-14(2)13-16(18(30)21(3,4)5)28(6)19(31)15-8-11-29(12-9-15)20-26-10-7-17(27-20)22(23,24)25/h7,10,14-16H,8-9,11-13H2,1-6H3/t16-/m1/s1. The minimum absolute atomic E-state index is 0.0228. The number of Topliss-reactive ketones (excluding diaryl/α,β-unsaturated/α-hetero) is 1. The summed E-state index contributed by atoms with van der Waals surface area (Å²) in [4.78, 5) is 37.0. The highest BCUT2D eigenvalue weighted by molar-refractivity contribution is 5.92. The molecule has 2 heterocycles. The van der Waals surface area contributed by atoms with Crippen LogP contribution in [0, 0.1) is 17.3 Å². The SMILES string of the molecule is CC(C)C[C@H](C(=O)C(C)(C)C)N(C)C(=O)C1CCN(c2nccc(C(F)(F)F)n2)CC1. The summed E-state index contributed by atoms with van der Waals surface area (Å²) in [6, 6.07) is 0.355. The van der Waals surface area contributed by atoms with Crippen molar-refractivity contribution in [2.75, 3.05) is 25.0 Å². The van der Waals surface area contributed by atoms with E-state index in [1.165, 1.54) is 0 Å². The zero-order valence-electron chi connectivity index (χ0n) is 19.2. The van der Waals surface area contributed by atoms with E-state index >= 15 is 0 Å². The van der Waals surface area contributed by atoms with Crippen molar-refractivity contribution < 1.29 is 22.8 Å². The summed E-state index contributed by atoms with van der Waals surface area (Å²) >= 11 is 0. The molecule has 6 nitrogen and oxygen atoms in total. The summed E-state index contributed by atoms with van der Waals surface area (Å²) in [5.41, 5.74) is -1.54. The van der Waals surface area contributed by atoms with Gasteiger partial charge in [-0.25, -0.2) is 9.97 Å². The fraction of sp³-hybridized carbons (Fsp3) is 0.727. The summed E-state index contributed by atoms with van der Waals surface area (Å²) in [5.74, 6) is -0.0599. The maximum absolute atomic E-state index is 13.2. The lowest BCUT2D eigenvalue weighted by molar-refractivity contribution is -0.145. The van der Waals surface area contributed by atoms with Crippen LogP contribution in [-0.4, -0.2) is 52.7 Å². The number of carbonyl (C=O) groups excluding carboxylic acids is 2. The molecule has 1 aliphatic rings. The number of alkyl halides is 3. The Morgan fingerprint density at radius 1 is 1.19 bits per heavy atom. The summed E-state index contributed by atoms with van der Waals surface area (Å²) in [6.45, 7) is 10.4. The molecule has 0 aliphatic carbocycles. The number of piperidine rings is 1. The average Bonchev–Trinajstić information content (AvgIpc) is 2.69. The van der Waals surface area contributed by atoms with Gasteiger partial charge in [0.25, 0.3) is 0 Å². The molecule has 1 aromatic heterocycles. The van der Waals surface area contributed by atoms with Gasteiger partial charge in [0.05, 0.1) is 6.04 Å². The second kappa shape index (κ2) is 9.53. The molecule has 1 amide bonds. The molecule has 1 saturated heterocycles. The summed E-state index contributed by atoms with van der Waals surface area (Å²) < 4.78 is 38.8. The molecule has 0 saturated carbocycles. The molecular formula is C22H33F3N4O2. The number of halogens is 3. The van der Waals surface area contributed by atoms with Gasteiger partial charge < -0.3 is 9.80 Å². The monoisotopic (exact) mass is 442 g/mol. The Morgan fingerprint density at radius 2 is 1.77 bits per heavy atom. The first-order valence-corrected chi connectivity index (χ1v) is 10.7. The maximum Gasteiger partial charge on any atom is 0.433 e. The van der Waals surface area contributed by atoms with Crippen molar-refractivity contribution in [3.05, 3.63) is 18.0 Å². The van der Waals surface area contributed by atoms with Crippen molar-refractivity contribution in [2.24, 2.45) is 17.3 Å². The molecule has 0 unspecified atom stereocenters. The van der Waals surface area contributed by atoms with Crippen LogP contribution in [-0.2, 0) is 15.8 Å². The number of likely N-dealkylation sites (N-methyl/N-ethyl adjacent to an activating group) is 1. The first-order chi connectivity index (χ1) is 14.2. The van der Waals surface area contributed by atoms with Crippen LogP contribution in [0.4, 0.5) is 19.1 Å². The largest absolute Gasteiger partial charge is 0.433 e. The second-order valence-corrected chi connectivity index (χ2v) is 9.71. The molecule has 9 heteroatoms. The van der Waals surface area contributed by atoms with Crippen LogP contribution >= 0.6 is 0 Å². The molecule has 1 aliphatic heterocycles. The van der Waals surface area contributed by atoms with Gasteiger partial charge in [-0.2, -0.15) is 13.2 Å². The van der Waals surface area contributed by atoms with Crippen molar-refractivity contribution >= 4 is 17.6 Å². The van der Waals surface area contributed by atoms with Gasteiger partial charge in [-0.05, 0) is 31.2 Å². The van der Waals surface area contributed by atoms with E-state index in [1.54, 1.807) is 16.8 Å². The Balaban J connectivity index is 2.07. The molecule has 2 rings (SSSR count). The summed E-state index contributed by atoms with van der Waals surface area (Å²) in [7, 11) is 1.68. The van der Waals surface area contributed by atoms with E-state index < -0.39 is 23.3 Å². The van der Waals surface area contributed by atoms with Crippen molar-refractivity contribution in [1.82, 2.24) is 14.9 Å². The molecule has 1 aromatic rings. The van der Waals surface area contributed by atoms with Crippen molar-refractivity contribution in [2.45, 2.75) is 66.1 Å². The topological polar surface area (TPSA) is 66.4 Å². The van der Waals surface area contributed by atoms with Gasteiger partial charge in [-0.15, -0.1) is 0 Å². The molecule has 1 fully saturated rings. The lowest BCUT2D eigenvalue weighted by Gasteiger charge is -2.37. The number of anilines is 1. The predicted octanol–water partition coefficient (Wildman–Crippen LogP) is 4.20. The van der Waals surface area contributed by atoms with E-state index in [9.17, 15) is 22.8 Å².